The monoisotopic (exact) mass is 360 g/mol. The first-order valence-corrected chi connectivity index (χ1v) is 8.86. The zero-order valence-electron chi connectivity index (χ0n) is 14.7. The van der Waals surface area contributed by atoms with Crippen molar-refractivity contribution in [3.63, 3.8) is 0 Å². The van der Waals surface area contributed by atoms with Gasteiger partial charge < -0.3 is 4.74 Å². The molecule has 1 N–H and O–H groups in total. The van der Waals surface area contributed by atoms with Crippen molar-refractivity contribution in [2.24, 2.45) is 5.41 Å². The summed E-state index contributed by atoms with van der Waals surface area (Å²) in [7, 11) is 0. The number of halogens is 1. The zero-order chi connectivity index (χ0) is 17.8. The predicted octanol–water partition coefficient (Wildman–Crippen LogP) is 4.14. The van der Waals surface area contributed by atoms with Gasteiger partial charge in [0.1, 0.15) is 10.6 Å². The van der Waals surface area contributed by atoms with Gasteiger partial charge in [-0.1, -0.05) is 20.8 Å². The molecule has 0 aliphatic carbocycles. The third kappa shape index (κ3) is 7.74. The van der Waals surface area contributed by atoms with E-state index in [2.05, 4.69) is 36.2 Å². The minimum Gasteiger partial charge on any atom is -0.443 e. The highest BCUT2D eigenvalue weighted by Crippen LogP contribution is 2.23. The van der Waals surface area contributed by atoms with E-state index in [9.17, 15) is 4.79 Å². The summed E-state index contributed by atoms with van der Waals surface area (Å²) < 4.78 is 5.32. The number of nitrogens with one attached hydrogen (secondary N) is 1. The fraction of sp³-hybridized carbons (Fsp3) is 0.667. The normalized spacial score (nSPS) is 12.0. The maximum Gasteiger partial charge on any atom is 0.426 e. The van der Waals surface area contributed by atoms with E-state index in [-0.39, 0.29) is 10.7 Å². The summed E-state index contributed by atoms with van der Waals surface area (Å²) in [6, 6.07) is 1.78. The van der Waals surface area contributed by atoms with Gasteiger partial charge in [0.15, 0.2) is 5.82 Å². The molecule has 0 aliphatic heterocycles. The van der Waals surface area contributed by atoms with Crippen molar-refractivity contribution in [2.45, 2.75) is 52.2 Å². The van der Waals surface area contributed by atoms with Gasteiger partial charge in [0.25, 0.3) is 0 Å². The molecule has 6 nitrogen and oxygen atoms in total. The first-order chi connectivity index (χ1) is 10.4. The SMILES string of the molecule is CSc1cc(N(CC(C)(C)C)NC(=O)OC(C)(C)C)nc(Cl)n1. The van der Waals surface area contributed by atoms with Gasteiger partial charge in [-0.25, -0.2) is 15.2 Å². The maximum absolute atomic E-state index is 12.1. The first kappa shape index (κ1) is 19.8. The number of nitrogens with zero attached hydrogens (tertiary/aromatic N) is 3. The molecule has 1 amide bonds. The predicted molar refractivity (Wildman–Crippen MR) is 95.0 cm³/mol. The quantitative estimate of drug-likeness (QED) is 0.376. The Kier molecular flexibility index (Phi) is 6.53. The van der Waals surface area contributed by atoms with Gasteiger partial charge in [-0.05, 0) is 44.0 Å². The molecule has 130 valence electrons. The molecule has 0 saturated carbocycles. The zero-order valence-corrected chi connectivity index (χ0v) is 16.3. The lowest BCUT2D eigenvalue weighted by Gasteiger charge is -2.31. The van der Waals surface area contributed by atoms with E-state index in [0.29, 0.717) is 12.4 Å². The van der Waals surface area contributed by atoms with Crippen LogP contribution in [0.25, 0.3) is 0 Å². The molecule has 0 saturated heterocycles. The second-order valence-electron chi connectivity index (χ2n) is 7.30. The number of amides is 1. The Balaban J connectivity index is 3.06. The van der Waals surface area contributed by atoms with Gasteiger partial charge in [-0.15, -0.1) is 11.8 Å². The molecule has 0 atom stereocenters. The van der Waals surface area contributed by atoms with Crippen LogP contribution in [0.4, 0.5) is 10.6 Å². The third-order valence-electron chi connectivity index (χ3n) is 2.41. The summed E-state index contributed by atoms with van der Waals surface area (Å²) in [6.45, 7) is 12.2. The first-order valence-electron chi connectivity index (χ1n) is 7.25. The third-order valence-corrected chi connectivity index (χ3v) is 3.20. The lowest BCUT2D eigenvalue weighted by atomic mass is 9.97. The van der Waals surface area contributed by atoms with Crippen molar-refractivity contribution < 1.29 is 9.53 Å². The number of hydrogen-bond acceptors (Lipinski definition) is 6. The van der Waals surface area contributed by atoms with E-state index in [1.807, 2.05) is 27.0 Å². The number of aromatic nitrogens is 2. The van der Waals surface area contributed by atoms with Crippen molar-refractivity contribution in [1.82, 2.24) is 15.4 Å². The molecule has 0 aromatic carbocycles. The number of thioether (sulfide) groups is 1. The molecule has 1 aromatic rings. The van der Waals surface area contributed by atoms with Crippen LogP contribution in [0.5, 0.6) is 0 Å². The van der Waals surface area contributed by atoms with Crippen molar-refractivity contribution in [3.8, 4) is 0 Å². The molecule has 1 aromatic heterocycles. The molecular formula is C15H25ClN4O2S. The van der Waals surface area contributed by atoms with Gasteiger partial charge >= 0.3 is 6.09 Å². The van der Waals surface area contributed by atoms with Crippen molar-refractivity contribution >= 4 is 35.3 Å². The summed E-state index contributed by atoms with van der Waals surface area (Å²) in [6.07, 6.45) is 1.36. The Bertz CT molecular complexity index is 555. The molecule has 8 heteroatoms. The van der Waals surface area contributed by atoms with Crippen LogP contribution in [0.1, 0.15) is 41.5 Å². The molecular weight excluding hydrogens is 336 g/mol. The van der Waals surface area contributed by atoms with Crippen molar-refractivity contribution in [1.29, 1.82) is 0 Å². The lowest BCUT2D eigenvalue weighted by Crippen LogP contribution is -2.48. The maximum atomic E-state index is 12.1. The van der Waals surface area contributed by atoms with Crippen molar-refractivity contribution in [2.75, 3.05) is 17.8 Å². The molecule has 0 spiro atoms. The molecule has 0 bridgehead atoms. The number of carbonyl (C=O) groups is 1. The number of hydrogen-bond donors (Lipinski definition) is 1. The highest BCUT2D eigenvalue weighted by molar-refractivity contribution is 7.98. The summed E-state index contributed by atoms with van der Waals surface area (Å²) >= 11 is 7.44. The summed E-state index contributed by atoms with van der Waals surface area (Å²) in [5.41, 5.74) is 2.08. The summed E-state index contributed by atoms with van der Waals surface area (Å²) in [5, 5.41) is 2.50. The Morgan fingerprint density at radius 1 is 1.30 bits per heavy atom. The second kappa shape index (κ2) is 7.57. The van der Waals surface area contributed by atoms with Crippen LogP contribution in [-0.4, -0.2) is 34.5 Å². The fourth-order valence-electron chi connectivity index (χ4n) is 1.69. The molecule has 0 fully saturated rings. The molecule has 1 heterocycles. The van der Waals surface area contributed by atoms with E-state index < -0.39 is 11.7 Å². The molecule has 0 unspecified atom stereocenters. The molecule has 0 radical (unpaired) electrons. The molecule has 0 aliphatic rings. The minimum atomic E-state index is -0.578. The van der Waals surface area contributed by atoms with Crippen LogP contribution in [0.2, 0.25) is 5.28 Å². The topological polar surface area (TPSA) is 67.4 Å². The Labute approximate surface area is 147 Å². The molecule has 1 rings (SSSR count). The van der Waals surface area contributed by atoms with Crippen molar-refractivity contribution in [3.05, 3.63) is 11.3 Å². The van der Waals surface area contributed by atoms with E-state index >= 15 is 0 Å². The standard InChI is InChI=1S/C15H25ClN4O2S/c1-14(2,3)9-20(19-13(21)22-15(4,5)6)10-8-11(23-7)18-12(16)17-10/h8H,9H2,1-7H3,(H,19,21). The smallest absolute Gasteiger partial charge is 0.426 e. The number of anilines is 1. The van der Waals surface area contributed by atoms with Gasteiger partial charge in [0.05, 0.1) is 0 Å². The van der Waals surface area contributed by atoms with E-state index in [0.717, 1.165) is 5.03 Å². The highest BCUT2D eigenvalue weighted by Gasteiger charge is 2.23. The lowest BCUT2D eigenvalue weighted by molar-refractivity contribution is 0.0516. The van der Waals surface area contributed by atoms with Gasteiger partial charge in [0.2, 0.25) is 5.28 Å². The highest BCUT2D eigenvalue weighted by atomic mass is 35.5. The van der Waals surface area contributed by atoms with Gasteiger partial charge in [0, 0.05) is 12.6 Å². The van der Waals surface area contributed by atoms with E-state index in [4.69, 9.17) is 16.3 Å². The van der Waals surface area contributed by atoms with Gasteiger partial charge in [-0.2, -0.15) is 4.98 Å². The van der Waals surface area contributed by atoms with E-state index in [1.54, 1.807) is 11.1 Å². The van der Waals surface area contributed by atoms with Crippen LogP contribution < -0.4 is 10.4 Å². The number of ether oxygens (including phenoxy) is 1. The minimum absolute atomic E-state index is 0.0774. The van der Waals surface area contributed by atoms with Crippen LogP contribution in [0, 0.1) is 5.41 Å². The van der Waals surface area contributed by atoms with Gasteiger partial charge in [-0.3, -0.25) is 5.01 Å². The second-order valence-corrected chi connectivity index (χ2v) is 8.46. The van der Waals surface area contributed by atoms with Crippen LogP contribution in [-0.2, 0) is 4.74 Å². The summed E-state index contributed by atoms with van der Waals surface area (Å²) in [5.74, 6) is 0.523. The average Bonchev–Trinajstić information content (AvgIpc) is 2.33. The van der Waals surface area contributed by atoms with Crippen LogP contribution >= 0.6 is 23.4 Å². The molecule has 23 heavy (non-hydrogen) atoms. The largest absolute Gasteiger partial charge is 0.443 e. The number of rotatable bonds is 4. The Hall–Kier alpha value is -1.21. The van der Waals surface area contributed by atoms with E-state index in [1.165, 1.54) is 11.8 Å². The Morgan fingerprint density at radius 2 is 1.91 bits per heavy atom. The number of hydrazine groups is 1. The average molecular weight is 361 g/mol. The van der Waals surface area contributed by atoms with Crippen LogP contribution in [0.15, 0.2) is 11.1 Å². The fourth-order valence-corrected chi connectivity index (χ4v) is 2.32. The number of carbonyl (C=O) groups excluding carboxylic acids is 1. The van der Waals surface area contributed by atoms with Crippen LogP contribution in [0.3, 0.4) is 0 Å². The Morgan fingerprint density at radius 3 is 2.39 bits per heavy atom. The summed E-state index contributed by atoms with van der Waals surface area (Å²) in [4.78, 5) is 20.4.